The van der Waals surface area contributed by atoms with Crippen LogP contribution in [0.5, 0.6) is 0 Å². The predicted molar refractivity (Wildman–Crippen MR) is 95.5 cm³/mol. The Morgan fingerprint density at radius 3 is 2.84 bits per heavy atom. The van der Waals surface area contributed by atoms with Crippen LogP contribution in [-0.2, 0) is 4.79 Å². The van der Waals surface area contributed by atoms with Crippen LogP contribution >= 0.6 is 11.6 Å². The molecule has 1 aromatic heterocycles. The Labute approximate surface area is 152 Å². The molecule has 1 aliphatic carbocycles. The fourth-order valence-electron chi connectivity index (χ4n) is 4.13. The maximum absolute atomic E-state index is 12.6. The Morgan fingerprint density at radius 1 is 1.28 bits per heavy atom. The first-order chi connectivity index (χ1) is 12.0. The summed E-state index contributed by atoms with van der Waals surface area (Å²) in [5, 5.41) is 3.31. The van der Waals surface area contributed by atoms with E-state index in [2.05, 4.69) is 15.2 Å². The van der Waals surface area contributed by atoms with Crippen LogP contribution in [0.4, 0.5) is 10.5 Å². The van der Waals surface area contributed by atoms with Crippen molar-refractivity contribution in [3.8, 4) is 0 Å². The van der Waals surface area contributed by atoms with Gasteiger partial charge in [-0.25, -0.2) is 9.78 Å². The fraction of sp³-hybridized carbons (Fsp3) is 0.611. The Bertz CT molecular complexity index is 676. The van der Waals surface area contributed by atoms with E-state index in [9.17, 15) is 9.59 Å². The van der Waals surface area contributed by atoms with Crippen molar-refractivity contribution < 1.29 is 9.59 Å². The molecular formula is C18H23ClN4O2. The molecule has 3 fully saturated rings. The lowest BCUT2D eigenvalue weighted by Crippen LogP contribution is -2.56. The van der Waals surface area contributed by atoms with Gasteiger partial charge in [0.15, 0.2) is 0 Å². The van der Waals surface area contributed by atoms with Crippen molar-refractivity contribution in [3.63, 3.8) is 0 Å². The third kappa shape index (κ3) is 3.59. The molecule has 3 amide bonds. The molecular weight excluding hydrogens is 340 g/mol. The zero-order valence-electron chi connectivity index (χ0n) is 14.2. The largest absolute Gasteiger partial charge is 0.339 e. The number of nitrogens with one attached hydrogen (secondary N) is 1. The molecule has 1 unspecified atom stereocenters. The number of anilines is 1. The lowest BCUT2D eigenvalue weighted by molar-refractivity contribution is -0.139. The van der Waals surface area contributed by atoms with Crippen LogP contribution in [0, 0.1) is 5.41 Å². The molecule has 2 saturated heterocycles. The number of carbonyl (C=O) groups excluding carboxylic acids is 2. The zero-order valence-corrected chi connectivity index (χ0v) is 15.0. The summed E-state index contributed by atoms with van der Waals surface area (Å²) in [5.74, 6) is 0.293. The van der Waals surface area contributed by atoms with Crippen molar-refractivity contribution in [1.82, 2.24) is 14.8 Å². The minimum absolute atomic E-state index is 0.0599. The van der Waals surface area contributed by atoms with Crippen LogP contribution in [0.2, 0.25) is 5.15 Å². The summed E-state index contributed by atoms with van der Waals surface area (Å²) in [5.41, 5.74) is 0.706. The molecule has 0 aromatic carbocycles. The van der Waals surface area contributed by atoms with Crippen LogP contribution in [-0.4, -0.2) is 52.4 Å². The first-order valence-electron chi connectivity index (χ1n) is 9.02. The highest BCUT2D eigenvalue weighted by Gasteiger charge is 2.46. The van der Waals surface area contributed by atoms with E-state index in [0.29, 0.717) is 29.2 Å². The first-order valence-corrected chi connectivity index (χ1v) is 9.39. The third-order valence-electron chi connectivity index (χ3n) is 5.61. The van der Waals surface area contributed by atoms with E-state index in [1.807, 2.05) is 4.90 Å². The van der Waals surface area contributed by atoms with Gasteiger partial charge in [0.05, 0.1) is 11.9 Å². The van der Waals surface area contributed by atoms with Gasteiger partial charge in [-0.05, 0) is 44.2 Å². The molecule has 134 valence electrons. The number of amides is 3. The second kappa shape index (κ2) is 6.48. The van der Waals surface area contributed by atoms with Crippen molar-refractivity contribution in [3.05, 3.63) is 23.5 Å². The topological polar surface area (TPSA) is 65.5 Å². The van der Waals surface area contributed by atoms with E-state index in [4.69, 9.17) is 11.6 Å². The van der Waals surface area contributed by atoms with Crippen molar-refractivity contribution in [2.45, 2.75) is 44.6 Å². The number of aromatic nitrogens is 1. The van der Waals surface area contributed by atoms with Gasteiger partial charge in [0.25, 0.3) is 0 Å². The van der Waals surface area contributed by atoms with E-state index in [0.717, 1.165) is 51.7 Å². The summed E-state index contributed by atoms with van der Waals surface area (Å²) in [6.45, 7) is 2.28. The van der Waals surface area contributed by atoms with Gasteiger partial charge in [-0.2, -0.15) is 0 Å². The molecule has 1 spiro atoms. The van der Waals surface area contributed by atoms with Crippen molar-refractivity contribution >= 4 is 29.2 Å². The molecule has 2 aliphatic heterocycles. The molecule has 1 aromatic rings. The molecule has 1 N–H and O–H groups in total. The predicted octanol–water partition coefficient (Wildman–Crippen LogP) is 3.13. The quantitative estimate of drug-likeness (QED) is 0.822. The number of likely N-dealkylation sites (tertiary alicyclic amines) is 2. The summed E-state index contributed by atoms with van der Waals surface area (Å²) >= 11 is 5.78. The number of hydrogen-bond acceptors (Lipinski definition) is 3. The lowest BCUT2D eigenvalue weighted by atomic mass is 9.73. The Kier molecular flexibility index (Phi) is 4.31. The molecule has 3 heterocycles. The number of piperidine rings is 2. The molecule has 0 radical (unpaired) electrons. The summed E-state index contributed by atoms with van der Waals surface area (Å²) in [4.78, 5) is 32.8. The minimum atomic E-state index is -0.0990. The van der Waals surface area contributed by atoms with E-state index in [-0.39, 0.29) is 11.4 Å². The molecule has 6 nitrogen and oxygen atoms in total. The van der Waals surface area contributed by atoms with E-state index >= 15 is 0 Å². The number of hydrogen-bond donors (Lipinski definition) is 1. The van der Waals surface area contributed by atoms with Crippen LogP contribution in [0.3, 0.4) is 0 Å². The highest BCUT2D eigenvalue weighted by atomic mass is 35.5. The van der Waals surface area contributed by atoms with Crippen LogP contribution in [0.25, 0.3) is 0 Å². The zero-order chi connectivity index (χ0) is 17.4. The van der Waals surface area contributed by atoms with Gasteiger partial charge in [-0.3, -0.25) is 4.79 Å². The highest BCUT2D eigenvalue weighted by molar-refractivity contribution is 6.29. The summed E-state index contributed by atoms with van der Waals surface area (Å²) < 4.78 is 0. The number of rotatable bonds is 2. The van der Waals surface area contributed by atoms with Gasteiger partial charge in [0.2, 0.25) is 5.91 Å². The smallest absolute Gasteiger partial charge is 0.321 e. The molecule has 3 aliphatic rings. The maximum Gasteiger partial charge on any atom is 0.321 e. The molecule has 25 heavy (non-hydrogen) atoms. The van der Waals surface area contributed by atoms with Crippen LogP contribution < -0.4 is 5.32 Å². The highest BCUT2D eigenvalue weighted by Crippen LogP contribution is 2.42. The van der Waals surface area contributed by atoms with Gasteiger partial charge >= 0.3 is 6.03 Å². The molecule has 1 saturated carbocycles. The fourth-order valence-corrected chi connectivity index (χ4v) is 4.24. The van der Waals surface area contributed by atoms with Crippen molar-refractivity contribution in [2.24, 2.45) is 5.41 Å². The Hall–Kier alpha value is -1.82. The Balaban J connectivity index is 1.42. The summed E-state index contributed by atoms with van der Waals surface area (Å²) in [7, 11) is 0. The molecule has 7 heteroatoms. The average Bonchev–Trinajstić information content (AvgIpc) is 3.44. The van der Waals surface area contributed by atoms with Gasteiger partial charge in [0.1, 0.15) is 5.15 Å². The molecule has 0 bridgehead atoms. The van der Waals surface area contributed by atoms with Crippen LogP contribution in [0.1, 0.15) is 38.5 Å². The molecule has 1 atom stereocenters. The average molecular weight is 363 g/mol. The minimum Gasteiger partial charge on any atom is -0.339 e. The number of halogens is 1. The number of nitrogens with zero attached hydrogens (tertiary/aromatic N) is 3. The van der Waals surface area contributed by atoms with Gasteiger partial charge < -0.3 is 15.1 Å². The molecule has 4 rings (SSSR count). The first kappa shape index (κ1) is 16.6. The maximum atomic E-state index is 12.6. The lowest BCUT2D eigenvalue weighted by Gasteiger charge is -2.48. The normalized spacial score (nSPS) is 26.8. The van der Waals surface area contributed by atoms with E-state index in [1.165, 1.54) is 0 Å². The summed E-state index contributed by atoms with van der Waals surface area (Å²) in [6.07, 6.45) is 7.42. The number of carbonyl (C=O) groups is 2. The standard InChI is InChI=1S/C18H23ClN4O2/c19-15-5-2-13(10-20-15)21-17(25)22-9-1-7-18(11-22)8-6-16(24)23(12-18)14-3-4-14/h2,5,10,14H,1,3-4,6-9,11-12H2,(H,21,25). The second-order valence-electron chi connectivity index (χ2n) is 7.58. The SMILES string of the molecule is O=C(Nc1ccc(Cl)nc1)N1CCCC2(CCC(=O)N(C3CC3)C2)C1. The third-order valence-corrected chi connectivity index (χ3v) is 5.83. The monoisotopic (exact) mass is 362 g/mol. The second-order valence-corrected chi connectivity index (χ2v) is 7.96. The van der Waals surface area contributed by atoms with E-state index in [1.54, 1.807) is 18.3 Å². The van der Waals surface area contributed by atoms with Gasteiger partial charge in [-0.1, -0.05) is 11.6 Å². The van der Waals surface area contributed by atoms with Crippen LogP contribution in [0.15, 0.2) is 18.3 Å². The van der Waals surface area contributed by atoms with Gasteiger partial charge in [-0.15, -0.1) is 0 Å². The van der Waals surface area contributed by atoms with Crippen molar-refractivity contribution in [2.75, 3.05) is 25.0 Å². The Morgan fingerprint density at radius 2 is 2.12 bits per heavy atom. The van der Waals surface area contributed by atoms with Gasteiger partial charge in [0, 0.05) is 37.5 Å². The summed E-state index contributed by atoms with van der Waals surface area (Å²) in [6, 6.07) is 3.77. The number of urea groups is 1. The van der Waals surface area contributed by atoms with Crippen molar-refractivity contribution in [1.29, 1.82) is 0 Å². The van der Waals surface area contributed by atoms with E-state index < -0.39 is 0 Å². The number of pyridine rings is 1.